The summed E-state index contributed by atoms with van der Waals surface area (Å²) in [6, 6.07) is 14.6. The van der Waals surface area contributed by atoms with Crippen LogP contribution in [0.25, 0.3) is 0 Å². The van der Waals surface area contributed by atoms with E-state index in [1.165, 1.54) is 0 Å². The quantitative estimate of drug-likeness (QED) is 0.789. The minimum absolute atomic E-state index is 0.224. The second-order valence-electron chi connectivity index (χ2n) is 5.79. The van der Waals surface area contributed by atoms with E-state index in [0.29, 0.717) is 5.92 Å². The number of hydrogen-bond acceptors (Lipinski definition) is 3. The molecule has 124 valence electrons. The van der Waals surface area contributed by atoms with Crippen molar-refractivity contribution in [2.75, 3.05) is 13.2 Å². The molecule has 0 atom stereocenters. The summed E-state index contributed by atoms with van der Waals surface area (Å²) in [6.45, 7) is 6.64. The highest BCUT2D eigenvalue weighted by molar-refractivity contribution is 7.89. The van der Waals surface area contributed by atoms with Crippen molar-refractivity contribution in [1.82, 2.24) is 4.72 Å². The first-order valence-electron chi connectivity index (χ1n) is 7.67. The molecule has 2 aromatic carbocycles. The number of aryl methyl sites for hydroxylation is 1. The van der Waals surface area contributed by atoms with Gasteiger partial charge in [-0.3, -0.25) is 0 Å². The Bertz CT molecular complexity index is 737. The molecule has 0 bridgehead atoms. The molecule has 2 rings (SSSR count). The van der Waals surface area contributed by atoms with Gasteiger partial charge in [-0.2, -0.15) is 0 Å². The van der Waals surface area contributed by atoms with Crippen LogP contribution in [0.15, 0.2) is 53.4 Å². The van der Waals surface area contributed by atoms with Gasteiger partial charge in [0.1, 0.15) is 12.4 Å². The Kier molecular flexibility index (Phi) is 5.80. The smallest absolute Gasteiger partial charge is 0.240 e. The largest absolute Gasteiger partial charge is 0.492 e. The number of hydrogen-bond donors (Lipinski definition) is 1. The molecule has 0 aliphatic carbocycles. The average molecular weight is 333 g/mol. The Morgan fingerprint density at radius 3 is 2.39 bits per heavy atom. The molecular weight excluding hydrogens is 310 g/mol. The van der Waals surface area contributed by atoms with Crippen LogP contribution in [0, 0.1) is 6.92 Å². The third-order valence-corrected chi connectivity index (χ3v) is 4.99. The van der Waals surface area contributed by atoms with Crippen molar-refractivity contribution < 1.29 is 13.2 Å². The van der Waals surface area contributed by atoms with Crippen LogP contribution in [-0.4, -0.2) is 21.6 Å². The van der Waals surface area contributed by atoms with E-state index >= 15 is 0 Å². The molecule has 0 radical (unpaired) electrons. The van der Waals surface area contributed by atoms with Crippen LogP contribution in [0.2, 0.25) is 0 Å². The molecule has 0 spiro atoms. The third-order valence-electron chi connectivity index (χ3n) is 3.51. The van der Waals surface area contributed by atoms with Gasteiger partial charge >= 0.3 is 0 Å². The van der Waals surface area contributed by atoms with Crippen LogP contribution in [0.4, 0.5) is 0 Å². The zero-order valence-corrected chi connectivity index (χ0v) is 14.6. The standard InChI is InChI=1S/C18H23NO3S/c1-14(2)16-7-9-18(10-8-16)23(20,21)19-11-12-22-17-6-4-5-15(3)13-17/h4-10,13-14,19H,11-12H2,1-3H3. The summed E-state index contributed by atoms with van der Waals surface area (Å²) >= 11 is 0. The highest BCUT2D eigenvalue weighted by Gasteiger charge is 2.13. The molecule has 0 aliphatic heterocycles. The highest BCUT2D eigenvalue weighted by Crippen LogP contribution is 2.17. The lowest BCUT2D eigenvalue weighted by Crippen LogP contribution is -2.28. The maximum Gasteiger partial charge on any atom is 0.240 e. The summed E-state index contributed by atoms with van der Waals surface area (Å²) in [5.41, 5.74) is 2.22. The molecule has 0 heterocycles. The van der Waals surface area contributed by atoms with Crippen LogP contribution in [0.3, 0.4) is 0 Å². The van der Waals surface area contributed by atoms with Gasteiger partial charge in [0.15, 0.2) is 0 Å². The van der Waals surface area contributed by atoms with E-state index in [1.54, 1.807) is 12.1 Å². The van der Waals surface area contributed by atoms with Crippen LogP contribution < -0.4 is 9.46 Å². The second kappa shape index (κ2) is 7.62. The minimum atomic E-state index is -3.50. The van der Waals surface area contributed by atoms with Crippen LogP contribution in [0.1, 0.15) is 30.9 Å². The molecular formula is C18H23NO3S. The van der Waals surface area contributed by atoms with Crippen LogP contribution >= 0.6 is 0 Å². The van der Waals surface area contributed by atoms with Crippen molar-refractivity contribution in [3.05, 3.63) is 59.7 Å². The molecule has 2 aromatic rings. The Morgan fingerprint density at radius 2 is 1.78 bits per heavy atom. The number of benzene rings is 2. The lowest BCUT2D eigenvalue weighted by atomic mass is 10.0. The molecule has 0 fully saturated rings. The van der Waals surface area contributed by atoms with Crippen LogP contribution in [-0.2, 0) is 10.0 Å². The van der Waals surface area contributed by atoms with Crippen LogP contribution in [0.5, 0.6) is 5.75 Å². The van der Waals surface area contributed by atoms with Crippen molar-refractivity contribution in [3.8, 4) is 5.75 Å². The van der Waals surface area contributed by atoms with E-state index < -0.39 is 10.0 Å². The summed E-state index contributed by atoms with van der Waals surface area (Å²) in [5, 5.41) is 0. The van der Waals surface area contributed by atoms with Gasteiger partial charge < -0.3 is 4.74 Å². The van der Waals surface area contributed by atoms with Gasteiger partial charge in [0.2, 0.25) is 10.0 Å². The minimum Gasteiger partial charge on any atom is -0.492 e. The lowest BCUT2D eigenvalue weighted by Gasteiger charge is -2.10. The molecule has 0 saturated carbocycles. The van der Waals surface area contributed by atoms with E-state index in [-0.39, 0.29) is 18.0 Å². The monoisotopic (exact) mass is 333 g/mol. The van der Waals surface area contributed by atoms with Gasteiger partial charge in [-0.25, -0.2) is 13.1 Å². The van der Waals surface area contributed by atoms with Gasteiger partial charge in [-0.15, -0.1) is 0 Å². The summed E-state index contributed by atoms with van der Waals surface area (Å²) in [4.78, 5) is 0.275. The SMILES string of the molecule is Cc1cccc(OCCNS(=O)(=O)c2ccc(C(C)C)cc2)c1. The van der Waals surface area contributed by atoms with Crippen molar-refractivity contribution in [3.63, 3.8) is 0 Å². The molecule has 23 heavy (non-hydrogen) atoms. The molecule has 0 unspecified atom stereocenters. The topological polar surface area (TPSA) is 55.4 Å². The zero-order valence-electron chi connectivity index (χ0n) is 13.7. The van der Waals surface area contributed by atoms with Gasteiger partial charge in [0.05, 0.1) is 4.90 Å². The highest BCUT2D eigenvalue weighted by atomic mass is 32.2. The Morgan fingerprint density at radius 1 is 1.09 bits per heavy atom. The summed E-state index contributed by atoms with van der Waals surface area (Å²) < 4.78 is 32.5. The van der Waals surface area contributed by atoms with E-state index in [1.807, 2.05) is 43.3 Å². The van der Waals surface area contributed by atoms with E-state index in [4.69, 9.17) is 4.74 Å². The summed E-state index contributed by atoms with van der Waals surface area (Å²) in [6.07, 6.45) is 0. The van der Waals surface area contributed by atoms with E-state index in [9.17, 15) is 8.42 Å². The Labute approximate surface area is 138 Å². The maximum absolute atomic E-state index is 12.2. The van der Waals surface area contributed by atoms with Crippen molar-refractivity contribution in [1.29, 1.82) is 0 Å². The molecule has 0 saturated heterocycles. The molecule has 0 amide bonds. The lowest BCUT2D eigenvalue weighted by molar-refractivity contribution is 0.322. The normalized spacial score (nSPS) is 11.7. The molecule has 4 nitrogen and oxygen atoms in total. The molecule has 5 heteroatoms. The van der Waals surface area contributed by atoms with Gasteiger partial charge in [0, 0.05) is 6.54 Å². The van der Waals surface area contributed by atoms with Gasteiger partial charge in [-0.1, -0.05) is 38.1 Å². The van der Waals surface area contributed by atoms with Crippen molar-refractivity contribution in [2.45, 2.75) is 31.6 Å². The van der Waals surface area contributed by atoms with Gasteiger partial charge in [0.25, 0.3) is 0 Å². The molecule has 0 aromatic heterocycles. The maximum atomic E-state index is 12.2. The number of sulfonamides is 1. The van der Waals surface area contributed by atoms with Crippen molar-refractivity contribution >= 4 is 10.0 Å². The second-order valence-corrected chi connectivity index (χ2v) is 7.55. The van der Waals surface area contributed by atoms with Gasteiger partial charge in [-0.05, 0) is 48.2 Å². The number of rotatable bonds is 7. The first kappa shape index (κ1) is 17.5. The number of nitrogens with one attached hydrogen (secondary N) is 1. The molecule has 1 N–H and O–H groups in total. The first-order chi connectivity index (χ1) is 10.9. The van der Waals surface area contributed by atoms with E-state index in [0.717, 1.165) is 16.9 Å². The fraction of sp³-hybridized carbons (Fsp3) is 0.333. The average Bonchev–Trinajstić information content (AvgIpc) is 2.52. The predicted octanol–water partition coefficient (Wildman–Crippen LogP) is 3.48. The number of ether oxygens (including phenoxy) is 1. The summed E-state index contributed by atoms with van der Waals surface area (Å²) in [5.74, 6) is 1.12. The summed E-state index contributed by atoms with van der Waals surface area (Å²) in [7, 11) is -3.50. The fourth-order valence-corrected chi connectivity index (χ4v) is 3.18. The van der Waals surface area contributed by atoms with E-state index in [2.05, 4.69) is 18.6 Å². The Balaban J connectivity index is 1.88. The zero-order chi connectivity index (χ0) is 16.9. The molecule has 0 aliphatic rings. The fourth-order valence-electron chi connectivity index (χ4n) is 2.17. The van der Waals surface area contributed by atoms with Crippen molar-refractivity contribution in [2.24, 2.45) is 0 Å². The first-order valence-corrected chi connectivity index (χ1v) is 9.16. The third kappa shape index (κ3) is 5.08. The predicted molar refractivity (Wildman–Crippen MR) is 92.4 cm³/mol. The Hall–Kier alpha value is -1.85.